The third-order valence-corrected chi connectivity index (χ3v) is 4.95. The van der Waals surface area contributed by atoms with Crippen LogP contribution >= 0.6 is 35.3 Å². The number of thioether (sulfide) groups is 3. The van der Waals surface area contributed by atoms with Crippen LogP contribution in [0, 0.1) is 0 Å². The van der Waals surface area contributed by atoms with E-state index in [0.717, 1.165) is 34.5 Å². The lowest BCUT2D eigenvalue weighted by atomic mass is 10.5. The molecule has 2 N–H and O–H groups in total. The van der Waals surface area contributed by atoms with Crippen molar-refractivity contribution in [3.63, 3.8) is 0 Å². The minimum atomic E-state index is -0.231. The fourth-order valence-corrected chi connectivity index (χ4v) is 3.41. The molecule has 0 radical (unpaired) electrons. The van der Waals surface area contributed by atoms with E-state index in [2.05, 4.69) is 13.8 Å². The Bertz CT molecular complexity index is 122. The molecule has 0 aromatic heterocycles. The van der Waals surface area contributed by atoms with E-state index >= 15 is 0 Å². The van der Waals surface area contributed by atoms with Crippen molar-refractivity contribution in [3.05, 3.63) is 0 Å². The smallest absolute Gasteiger partial charge is 0.0720 e. The van der Waals surface area contributed by atoms with Gasteiger partial charge < -0.3 is 10.2 Å². The van der Waals surface area contributed by atoms with E-state index in [-0.39, 0.29) is 12.2 Å². The molecule has 2 atom stereocenters. The predicted molar refractivity (Wildman–Crippen MR) is 75.3 cm³/mol. The zero-order valence-electron chi connectivity index (χ0n) is 9.52. The van der Waals surface area contributed by atoms with Crippen LogP contribution in [-0.2, 0) is 0 Å². The Morgan fingerprint density at radius 3 is 1.40 bits per heavy atom. The Balaban J connectivity index is 3.27. The van der Waals surface area contributed by atoms with Crippen LogP contribution in [0.25, 0.3) is 0 Å². The van der Waals surface area contributed by atoms with E-state index in [1.54, 1.807) is 35.3 Å². The monoisotopic (exact) mass is 270 g/mol. The third kappa shape index (κ3) is 11.2. The molecule has 0 aliphatic carbocycles. The van der Waals surface area contributed by atoms with Crippen molar-refractivity contribution in [2.45, 2.75) is 26.1 Å². The second-order valence-corrected chi connectivity index (χ2v) is 6.88. The van der Waals surface area contributed by atoms with E-state index in [1.165, 1.54) is 0 Å². The highest BCUT2D eigenvalue weighted by atomic mass is 32.2. The van der Waals surface area contributed by atoms with Crippen molar-refractivity contribution in [2.24, 2.45) is 0 Å². The van der Waals surface area contributed by atoms with Crippen LogP contribution in [-0.4, -0.2) is 56.9 Å². The van der Waals surface area contributed by atoms with Crippen LogP contribution in [0.3, 0.4) is 0 Å². The molecule has 5 heteroatoms. The molecule has 15 heavy (non-hydrogen) atoms. The van der Waals surface area contributed by atoms with Gasteiger partial charge in [-0.1, -0.05) is 13.8 Å². The first-order chi connectivity index (χ1) is 7.20. The van der Waals surface area contributed by atoms with Crippen LogP contribution in [0.2, 0.25) is 0 Å². The second kappa shape index (κ2) is 11.5. The van der Waals surface area contributed by atoms with Gasteiger partial charge in [0.25, 0.3) is 0 Å². The Morgan fingerprint density at radius 2 is 1.07 bits per heavy atom. The summed E-state index contributed by atoms with van der Waals surface area (Å²) in [6.07, 6.45) is -0.461. The normalized spacial score (nSPS) is 15.2. The van der Waals surface area contributed by atoms with Gasteiger partial charge in [-0.15, -0.1) is 0 Å². The Hall–Kier alpha value is 0.970. The van der Waals surface area contributed by atoms with E-state index in [9.17, 15) is 10.2 Å². The SMILES string of the molecule is CCSCC(O)CSCC(O)CSCC. The first-order valence-electron chi connectivity index (χ1n) is 5.30. The van der Waals surface area contributed by atoms with Crippen LogP contribution in [0.15, 0.2) is 0 Å². The maximum Gasteiger partial charge on any atom is 0.0720 e. The molecule has 0 heterocycles. The molecule has 0 spiro atoms. The zero-order chi connectivity index (χ0) is 11.5. The average molecular weight is 270 g/mol. The third-order valence-electron chi connectivity index (χ3n) is 1.65. The molecular formula is C10H22O2S3. The van der Waals surface area contributed by atoms with Crippen molar-refractivity contribution < 1.29 is 10.2 Å². The van der Waals surface area contributed by atoms with Crippen molar-refractivity contribution in [3.8, 4) is 0 Å². The first kappa shape index (κ1) is 16.0. The molecule has 0 aliphatic heterocycles. The Kier molecular flexibility index (Phi) is 12.2. The fraction of sp³-hybridized carbons (Fsp3) is 1.00. The summed E-state index contributed by atoms with van der Waals surface area (Å²) in [6, 6.07) is 0. The maximum atomic E-state index is 9.54. The summed E-state index contributed by atoms with van der Waals surface area (Å²) in [5, 5.41) is 19.1. The highest BCUT2D eigenvalue weighted by molar-refractivity contribution is 8.00. The quantitative estimate of drug-likeness (QED) is 0.635. The van der Waals surface area contributed by atoms with E-state index in [4.69, 9.17) is 0 Å². The van der Waals surface area contributed by atoms with Gasteiger partial charge in [-0.3, -0.25) is 0 Å². The summed E-state index contributed by atoms with van der Waals surface area (Å²) in [5.41, 5.74) is 0. The number of hydrogen-bond acceptors (Lipinski definition) is 5. The lowest BCUT2D eigenvalue weighted by Gasteiger charge is -2.12. The average Bonchev–Trinajstić information content (AvgIpc) is 2.23. The minimum absolute atomic E-state index is 0.231. The fourth-order valence-electron chi connectivity index (χ4n) is 0.944. The topological polar surface area (TPSA) is 40.5 Å². The zero-order valence-corrected chi connectivity index (χ0v) is 12.0. The van der Waals surface area contributed by atoms with Crippen LogP contribution in [0.5, 0.6) is 0 Å². The first-order valence-corrected chi connectivity index (χ1v) is 8.76. The van der Waals surface area contributed by atoms with E-state index in [1.807, 2.05) is 0 Å². The number of rotatable bonds is 10. The Labute approximate surface area is 106 Å². The Morgan fingerprint density at radius 1 is 0.733 bits per heavy atom. The molecular weight excluding hydrogens is 248 g/mol. The van der Waals surface area contributed by atoms with Gasteiger partial charge in [0.15, 0.2) is 0 Å². The summed E-state index contributed by atoms with van der Waals surface area (Å²) in [7, 11) is 0. The van der Waals surface area contributed by atoms with Crippen molar-refractivity contribution in [2.75, 3.05) is 34.5 Å². The summed E-state index contributed by atoms with van der Waals surface area (Å²) in [4.78, 5) is 0. The molecule has 0 bridgehead atoms. The van der Waals surface area contributed by atoms with Crippen molar-refractivity contribution in [1.82, 2.24) is 0 Å². The molecule has 0 rings (SSSR count). The van der Waals surface area contributed by atoms with E-state index in [0.29, 0.717) is 0 Å². The summed E-state index contributed by atoms with van der Waals surface area (Å²) < 4.78 is 0. The summed E-state index contributed by atoms with van der Waals surface area (Å²) >= 11 is 5.16. The second-order valence-electron chi connectivity index (χ2n) is 3.16. The van der Waals surface area contributed by atoms with Crippen LogP contribution in [0.4, 0.5) is 0 Å². The molecule has 92 valence electrons. The standard InChI is InChI=1S/C10H22O2S3/c1-3-13-5-9(11)7-15-8-10(12)6-14-4-2/h9-12H,3-8H2,1-2H3. The molecule has 0 fully saturated rings. The maximum absolute atomic E-state index is 9.54. The molecule has 2 unspecified atom stereocenters. The van der Waals surface area contributed by atoms with Gasteiger partial charge >= 0.3 is 0 Å². The summed E-state index contributed by atoms with van der Waals surface area (Å²) in [5.74, 6) is 5.20. The van der Waals surface area contributed by atoms with Gasteiger partial charge in [0.2, 0.25) is 0 Å². The van der Waals surface area contributed by atoms with Gasteiger partial charge in [-0.05, 0) is 11.5 Å². The molecule has 0 aliphatic rings. The molecule has 0 saturated carbocycles. The molecule has 0 aromatic rings. The van der Waals surface area contributed by atoms with Crippen LogP contribution < -0.4 is 0 Å². The van der Waals surface area contributed by atoms with E-state index < -0.39 is 0 Å². The van der Waals surface area contributed by atoms with Gasteiger partial charge in [-0.2, -0.15) is 35.3 Å². The van der Waals surface area contributed by atoms with Gasteiger partial charge in [0, 0.05) is 23.0 Å². The van der Waals surface area contributed by atoms with Crippen molar-refractivity contribution >= 4 is 35.3 Å². The van der Waals surface area contributed by atoms with Crippen molar-refractivity contribution in [1.29, 1.82) is 0 Å². The molecule has 2 nitrogen and oxygen atoms in total. The van der Waals surface area contributed by atoms with Gasteiger partial charge in [0.05, 0.1) is 12.2 Å². The number of hydrogen-bond donors (Lipinski definition) is 2. The minimum Gasteiger partial charge on any atom is -0.391 e. The largest absolute Gasteiger partial charge is 0.391 e. The molecule has 0 aromatic carbocycles. The van der Waals surface area contributed by atoms with Crippen LogP contribution in [0.1, 0.15) is 13.8 Å². The predicted octanol–water partition coefficient (Wildman–Crippen LogP) is 1.95. The van der Waals surface area contributed by atoms with Gasteiger partial charge in [0.1, 0.15) is 0 Å². The summed E-state index contributed by atoms with van der Waals surface area (Å²) in [6.45, 7) is 4.19. The molecule has 0 saturated heterocycles. The lowest BCUT2D eigenvalue weighted by molar-refractivity contribution is 0.220. The lowest BCUT2D eigenvalue weighted by Crippen LogP contribution is -2.18. The number of aliphatic hydroxyl groups is 2. The highest BCUT2D eigenvalue weighted by Crippen LogP contribution is 2.12. The number of aliphatic hydroxyl groups excluding tert-OH is 2. The van der Waals surface area contributed by atoms with Gasteiger partial charge in [-0.25, -0.2) is 0 Å². The highest BCUT2D eigenvalue weighted by Gasteiger charge is 2.07. The molecule has 0 amide bonds.